The summed E-state index contributed by atoms with van der Waals surface area (Å²) >= 11 is 0. The predicted octanol–water partition coefficient (Wildman–Crippen LogP) is 5.07. The van der Waals surface area contributed by atoms with Crippen LogP contribution in [-0.2, 0) is 0 Å². The zero-order valence-corrected chi connectivity index (χ0v) is 12.9. The molecule has 0 spiro atoms. The summed E-state index contributed by atoms with van der Waals surface area (Å²) in [6.07, 6.45) is 1.07. The average molecular weight is 292 g/mol. The normalized spacial score (nSPS) is 13.1. The van der Waals surface area contributed by atoms with E-state index < -0.39 is 0 Å². The van der Waals surface area contributed by atoms with Gasteiger partial charge in [0.15, 0.2) is 0 Å². The first-order valence-corrected chi connectivity index (χ1v) is 8.30. The molecule has 0 saturated heterocycles. The molecular weight excluding hydrogens is 274 g/mol. The van der Waals surface area contributed by atoms with E-state index in [1.54, 1.807) is 0 Å². The molecule has 0 aliphatic heterocycles. The maximum absolute atomic E-state index is 5.80. The van der Waals surface area contributed by atoms with Gasteiger partial charge in [0.1, 0.15) is 11.5 Å². The van der Waals surface area contributed by atoms with Crippen molar-refractivity contribution in [1.82, 2.24) is 0 Å². The molecule has 0 radical (unpaired) electrons. The third kappa shape index (κ3) is 5.19. The zero-order valence-electron chi connectivity index (χ0n) is 10.9. The fraction of sp³-hybridized carbons (Fsp3) is 0.200. The quantitative estimate of drug-likeness (QED) is 0.663. The van der Waals surface area contributed by atoms with Gasteiger partial charge < -0.3 is 9.05 Å². The lowest BCUT2D eigenvalue weighted by Gasteiger charge is -2.15. The van der Waals surface area contributed by atoms with Gasteiger partial charge in [-0.2, -0.15) is 0 Å². The number of hydrogen-bond donors (Lipinski definition) is 0. The summed E-state index contributed by atoms with van der Waals surface area (Å²) in [5.41, 5.74) is 0. The molecule has 2 unspecified atom stereocenters. The predicted molar refractivity (Wildman–Crippen MR) is 84.8 cm³/mol. The van der Waals surface area contributed by atoms with Gasteiger partial charge >= 0.3 is 0 Å². The monoisotopic (exact) mass is 292 g/mol. The first kappa shape index (κ1) is 14.3. The Kier molecular flexibility index (Phi) is 6.14. The summed E-state index contributed by atoms with van der Waals surface area (Å²) in [4.78, 5) is 0. The summed E-state index contributed by atoms with van der Waals surface area (Å²) in [5.74, 6) is 1.87. The maximum Gasteiger partial charge on any atom is 0.122 e. The van der Waals surface area contributed by atoms with Crippen molar-refractivity contribution in [2.75, 3.05) is 0 Å². The number of benzene rings is 2. The van der Waals surface area contributed by atoms with E-state index in [0.717, 1.165) is 17.9 Å². The first-order chi connectivity index (χ1) is 9.38. The van der Waals surface area contributed by atoms with Gasteiger partial charge in [-0.3, -0.25) is 0 Å². The SMILES string of the molecule is CCC(POc1ccccc1)POc1ccccc1. The van der Waals surface area contributed by atoms with Crippen LogP contribution in [0.3, 0.4) is 0 Å². The molecule has 19 heavy (non-hydrogen) atoms. The van der Waals surface area contributed by atoms with E-state index in [1.807, 2.05) is 60.7 Å². The van der Waals surface area contributed by atoms with Crippen molar-refractivity contribution < 1.29 is 9.05 Å². The second kappa shape index (κ2) is 8.15. The highest BCUT2D eigenvalue weighted by Crippen LogP contribution is 2.39. The molecule has 0 fully saturated rings. The Balaban J connectivity index is 1.77. The Labute approximate surface area is 118 Å². The van der Waals surface area contributed by atoms with Gasteiger partial charge in [0, 0.05) is 0 Å². The summed E-state index contributed by atoms with van der Waals surface area (Å²) in [6, 6.07) is 19.9. The van der Waals surface area contributed by atoms with Crippen LogP contribution in [0, 0.1) is 0 Å². The molecule has 0 aliphatic carbocycles. The van der Waals surface area contributed by atoms with Crippen molar-refractivity contribution in [3.05, 3.63) is 60.7 Å². The van der Waals surface area contributed by atoms with Crippen molar-refractivity contribution in [2.24, 2.45) is 0 Å². The van der Waals surface area contributed by atoms with E-state index in [1.165, 1.54) is 0 Å². The van der Waals surface area contributed by atoms with Crippen molar-refractivity contribution >= 4 is 17.6 Å². The van der Waals surface area contributed by atoms with E-state index in [-0.39, 0.29) is 0 Å². The van der Waals surface area contributed by atoms with Crippen molar-refractivity contribution in [3.8, 4) is 11.5 Å². The molecule has 2 atom stereocenters. The number of hydrogen-bond acceptors (Lipinski definition) is 2. The van der Waals surface area contributed by atoms with Gasteiger partial charge in [0.05, 0.1) is 23.0 Å². The number of rotatable bonds is 7. The number of para-hydroxylation sites is 2. The molecule has 0 N–H and O–H groups in total. The molecule has 0 amide bonds. The molecule has 2 aromatic carbocycles. The molecule has 2 nitrogen and oxygen atoms in total. The van der Waals surface area contributed by atoms with Gasteiger partial charge in [-0.05, 0) is 30.7 Å². The smallest absolute Gasteiger partial charge is 0.122 e. The molecule has 4 heteroatoms. The van der Waals surface area contributed by atoms with Crippen molar-refractivity contribution in [2.45, 2.75) is 18.7 Å². The second-order valence-electron chi connectivity index (χ2n) is 4.03. The van der Waals surface area contributed by atoms with Crippen LogP contribution < -0.4 is 9.05 Å². The highest BCUT2D eigenvalue weighted by Gasteiger charge is 2.09. The minimum atomic E-state index is 0.440. The molecule has 100 valence electrons. The third-order valence-electron chi connectivity index (χ3n) is 2.53. The minimum Gasteiger partial charge on any atom is -0.476 e. The fourth-order valence-corrected chi connectivity index (χ4v) is 3.15. The molecule has 2 aromatic rings. The standard InChI is InChI=1S/C15H18O2P2/c1-2-15(18-16-13-9-5-3-6-10-13)19-17-14-11-7-4-8-12-14/h3-12,15,18-19H,2H2,1H3. The molecular formula is C15H18O2P2. The van der Waals surface area contributed by atoms with E-state index in [2.05, 4.69) is 6.92 Å². The van der Waals surface area contributed by atoms with E-state index >= 15 is 0 Å². The fourth-order valence-electron chi connectivity index (χ4n) is 1.45. The highest BCUT2D eigenvalue weighted by atomic mass is 31.1. The van der Waals surface area contributed by atoms with Crippen LogP contribution in [0.5, 0.6) is 11.5 Å². The van der Waals surface area contributed by atoms with Gasteiger partial charge in [-0.15, -0.1) is 0 Å². The highest BCUT2D eigenvalue weighted by molar-refractivity contribution is 7.52. The Hall–Kier alpha value is -1.10. The summed E-state index contributed by atoms with van der Waals surface area (Å²) in [5, 5.41) is 0.459. The van der Waals surface area contributed by atoms with Crippen LogP contribution in [-0.4, -0.2) is 5.40 Å². The van der Waals surface area contributed by atoms with Crippen molar-refractivity contribution in [3.63, 3.8) is 0 Å². The Morgan fingerprint density at radius 2 is 1.21 bits per heavy atom. The summed E-state index contributed by atoms with van der Waals surface area (Å²) in [7, 11) is 0.880. The Morgan fingerprint density at radius 3 is 1.58 bits per heavy atom. The lowest BCUT2D eigenvalue weighted by Crippen LogP contribution is -1.95. The first-order valence-electron chi connectivity index (χ1n) is 6.33. The average Bonchev–Trinajstić information content (AvgIpc) is 2.49. The van der Waals surface area contributed by atoms with Crippen LogP contribution in [0.15, 0.2) is 60.7 Å². The van der Waals surface area contributed by atoms with Crippen LogP contribution in [0.4, 0.5) is 0 Å². The minimum absolute atomic E-state index is 0.440. The molecule has 0 bridgehead atoms. The topological polar surface area (TPSA) is 18.5 Å². The molecule has 2 rings (SSSR count). The maximum atomic E-state index is 5.80. The Morgan fingerprint density at radius 1 is 0.789 bits per heavy atom. The molecule has 0 aromatic heterocycles. The lowest BCUT2D eigenvalue weighted by atomic mass is 10.3. The second-order valence-corrected chi connectivity index (χ2v) is 6.88. The largest absolute Gasteiger partial charge is 0.476 e. The van der Waals surface area contributed by atoms with Crippen LogP contribution in [0.2, 0.25) is 0 Å². The third-order valence-corrected chi connectivity index (χ3v) is 5.33. The van der Waals surface area contributed by atoms with Crippen LogP contribution in [0.1, 0.15) is 13.3 Å². The summed E-state index contributed by atoms with van der Waals surface area (Å²) in [6.45, 7) is 2.17. The van der Waals surface area contributed by atoms with E-state index in [9.17, 15) is 0 Å². The zero-order chi connectivity index (χ0) is 13.3. The van der Waals surface area contributed by atoms with Gasteiger partial charge in [-0.25, -0.2) is 0 Å². The van der Waals surface area contributed by atoms with Gasteiger partial charge in [-0.1, -0.05) is 43.3 Å². The van der Waals surface area contributed by atoms with Gasteiger partial charge in [0.2, 0.25) is 0 Å². The molecule has 0 aliphatic rings. The van der Waals surface area contributed by atoms with E-state index in [4.69, 9.17) is 9.05 Å². The van der Waals surface area contributed by atoms with Crippen LogP contribution in [0.25, 0.3) is 0 Å². The molecule has 0 heterocycles. The molecule has 0 saturated carbocycles. The van der Waals surface area contributed by atoms with E-state index in [0.29, 0.717) is 23.0 Å². The van der Waals surface area contributed by atoms with Gasteiger partial charge in [0.25, 0.3) is 0 Å². The lowest BCUT2D eigenvalue weighted by molar-refractivity contribution is 0.608. The summed E-state index contributed by atoms with van der Waals surface area (Å²) < 4.78 is 11.6. The Bertz CT molecular complexity index is 419. The van der Waals surface area contributed by atoms with Crippen molar-refractivity contribution in [1.29, 1.82) is 0 Å². The van der Waals surface area contributed by atoms with Crippen LogP contribution >= 0.6 is 17.6 Å².